The molecule has 0 spiro atoms. The molecule has 284 valence electrons. The van der Waals surface area contributed by atoms with Gasteiger partial charge in [-0.05, 0) is 57.8 Å². The SMILES string of the molecule is CCCC/C=C\CCCCCCCC(=O)OC(COCCCCCCCC/C=C\CCCCCCC)COP(=O)(O)OCC[N+](C)(C)C. The van der Waals surface area contributed by atoms with Gasteiger partial charge in [-0.1, -0.05) is 122 Å². The maximum atomic E-state index is 12.6. The summed E-state index contributed by atoms with van der Waals surface area (Å²) in [5.41, 5.74) is 0. The maximum absolute atomic E-state index is 12.6. The molecule has 0 aromatic carbocycles. The molecule has 8 nitrogen and oxygen atoms in total. The number of ether oxygens (including phenoxy) is 2. The van der Waals surface area contributed by atoms with Crippen LogP contribution in [0.4, 0.5) is 0 Å². The smallest absolute Gasteiger partial charge is 0.457 e. The standard InChI is InChI=1S/C39H76NO7P/c1-6-8-10-12-14-16-18-19-20-21-23-25-27-29-31-34-44-36-38(37-46-48(42,43)45-35-33-40(3,4)5)47-39(41)32-30-28-26-24-22-17-15-13-11-9-7-2/h13,15,18-19,38H,6-12,14,16-17,20-37H2,1-5H3/p+1/b15-13-,19-18-. The molecule has 0 saturated carbocycles. The Bertz CT molecular complexity index is 828. The van der Waals surface area contributed by atoms with Crippen LogP contribution in [0.1, 0.15) is 162 Å². The highest BCUT2D eigenvalue weighted by Gasteiger charge is 2.26. The second-order valence-corrected chi connectivity index (χ2v) is 15.8. The Hall–Kier alpha value is -1.02. The first kappa shape index (κ1) is 47.0. The number of phosphoric acid groups is 1. The fourth-order valence-electron chi connectivity index (χ4n) is 5.11. The fourth-order valence-corrected chi connectivity index (χ4v) is 5.86. The van der Waals surface area contributed by atoms with Crippen LogP contribution in [-0.2, 0) is 27.9 Å². The third-order valence-electron chi connectivity index (χ3n) is 8.24. The summed E-state index contributed by atoms with van der Waals surface area (Å²) in [6.45, 7) is 5.55. The van der Waals surface area contributed by atoms with Gasteiger partial charge < -0.3 is 18.9 Å². The Morgan fingerprint density at radius 3 is 1.65 bits per heavy atom. The molecule has 0 aliphatic carbocycles. The van der Waals surface area contributed by atoms with E-state index in [1.165, 1.54) is 96.3 Å². The molecular weight excluding hydrogens is 625 g/mol. The van der Waals surface area contributed by atoms with Gasteiger partial charge >= 0.3 is 13.8 Å². The van der Waals surface area contributed by atoms with Crippen LogP contribution in [-0.4, -0.2) is 75.6 Å². The third kappa shape index (κ3) is 36.3. The third-order valence-corrected chi connectivity index (χ3v) is 9.22. The highest BCUT2D eigenvalue weighted by Crippen LogP contribution is 2.43. The predicted octanol–water partition coefficient (Wildman–Crippen LogP) is 10.9. The molecule has 0 rings (SSSR count). The van der Waals surface area contributed by atoms with Crippen molar-refractivity contribution in [2.45, 2.75) is 168 Å². The molecule has 2 atom stereocenters. The number of likely N-dealkylation sites (N-methyl/N-ethyl adjacent to an activating group) is 1. The number of hydrogen-bond donors (Lipinski definition) is 1. The normalized spacial score (nSPS) is 14.2. The molecule has 0 fully saturated rings. The number of carbonyl (C=O) groups excluding carboxylic acids is 1. The fraction of sp³-hybridized carbons (Fsp3) is 0.872. The molecule has 0 amide bonds. The van der Waals surface area contributed by atoms with Crippen LogP contribution in [0.25, 0.3) is 0 Å². The van der Waals surface area contributed by atoms with E-state index in [0.717, 1.165) is 44.9 Å². The van der Waals surface area contributed by atoms with Crippen molar-refractivity contribution in [3.8, 4) is 0 Å². The summed E-state index contributed by atoms with van der Waals surface area (Å²) in [4.78, 5) is 22.7. The number of carbonyl (C=O) groups is 1. The second kappa shape index (κ2) is 33.1. The van der Waals surface area contributed by atoms with Gasteiger partial charge in [-0.3, -0.25) is 13.8 Å². The summed E-state index contributed by atoms with van der Waals surface area (Å²) in [5.74, 6) is -0.327. The molecule has 0 aromatic heterocycles. The Morgan fingerprint density at radius 2 is 1.10 bits per heavy atom. The van der Waals surface area contributed by atoms with Gasteiger partial charge in [0, 0.05) is 13.0 Å². The average molecular weight is 703 g/mol. The van der Waals surface area contributed by atoms with Gasteiger partial charge in [-0.15, -0.1) is 0 Å². The van der Waals surface area contributed by atoms with Gasteiger partial charge in [0.2, 0.25) is 0 Å². The molecule has 2 unspecified atom stereocenters. The number of rotatable bonds is 36. The molecule has 0 heterocycles. The quantitative estimate of drug-likeness (QED) is 0.0228. The lowest BCUT2D eigenvalue weighted by Gasteiger charge is -2.24. The maximum Gasteiger partial charge on any atom is 0.472 e. The van der Waals surface area contributed by atoms with Crippen molar-refractivity contribution in [3.63, 3.8) is 0 Å². The first-order valence-electron chi connectivity index (χ1n) is 19.6. The molecule has 0 aliphatic heterocycles. The van der Waals surface area contributed by atoms with Crippen molar-refractivity contribution in [3.05, 3.63) is 24.3 Å². The number of allylic oxidation sites excluding steroid dienone is 4. The monoisotopic (exact) mass is 703 g/mol. The summed E-state index contributed by atoms with van der Waals surface area (Å²) >= 11 is 0. The Morgan fingerprint density at radius 1 is 0.625 bits per heavy atom. The summed E-state index contributed by atoms with van der Waals surface area (Å²) in [5, 5.41) is 0. The van der Waals surface area contributed by atoms with E-state index >= 15 is 0 Å². The van der Waals surface area contributed by atoms with Crippen LogP contribution in [0.5, 0.6) is 0 Å². The lowest BCUT2D eigenvalue weighted by atomic mass is 10.1. The van der Waals surface area contributed by atoms with Crippen LogP contribution < -0.4 is 0 Å². The van der Waals surface area contributed by atoms with E-state index in [4.69, 9.17) is 18.5 Å². The minimum absolute atomic E-state index is 0.0866. The molecular formula is C39H77NO7P+. The number of phosphoric ester groups is 1. The number of esters is 1. The predicted molar refractivity (Wildman–Crippen MR) is 201 cm³/mol. The average Bonchev–Trinajstić information content (AvgIpc) is 3.03. The molecule has 1 N–H and O–H groups in total. The number of quaternary nitrogens is 1. The van der Waals surface area contributed by atoms with E-state index in [-0.39, 0.29) is 25.8 Å². The van der Waals surface area contributed by atoms with Gasteiger partial charge in [-0.25, -0.2) is 4.57 Å². The molecule has 48 heavy (non-hydrogen) atoms. The lowest BCUT2D eigenvalue weighted by molar-refractivity contribution is -0.870. The van der Waals surface area contributed by atoms with E-state index < -0.39 is 13.9 Å². The van der Waals surface area contributed by atoms with Crippen LogP contribution >= 0.6 is 7.82 Å². The highest BCUT2D eigenvalue weighted by atomic mass is 31.2. The topological polar surface area (TPSA) is 91.3 Å². The summed E-state index contributed by atoms with van der Waals surface area (Å²) in [6, 6.07) is 0. The van der Waals surface area contributed by atoms with Crippen molar-refractivity contribution in [2.24, 2.45) is 0 Å². The van der Waals surface area contributed by atoms with Crippen molar-refractivity contribution >= 4 is 13.8 Å². The largest absolute Gasteiger partial charge is 0.472 e. The Kier molecular flexibility index (Phi) is 32.4. The van der Waals surface area contributed by atoms with Gasteiger partial charge in [0.25, 0.3) is 0 Å². The van der Waals surface area contributed by atoms with Gasteiger partial charge in [-0.2, -0.15) is 0 Å². The van der Waals surface area contributed by atoms with Crippen molar-refractivity contribution in [2.75, 3.05) is 54.1 Å². The molecule has 9 heteroatoms. The van der Waals surface area contributed by atoms with E-state index in [0.29, 0.717) is 24.1 Å². The molecule has 0 radical (unpaired) electrons. The highest BCUT2D eigenvalue weighted by molar-refractivity contribution is 7.47. The van der Waals surface area contributed by atoms with Crippen LogP contribution in [0.2, 0.25) is 0 Å². The minimum Gasteiger partial charge on any atom is -0.457 e. The van der Waals surface area contributed by atoms with Crippen LogP contribution in [0.15, 0.2) is 24.3 Å². The van der Waals surface area contributed by atoms with E-state index in [2.05, 4.69) is 38.2 Å². The summed E-state index contributed by atoms with van der Waals surface area (Å²) in [7, 11) is 1.66. The number of unbranched alkanes of at least 4 members (excludes halogenated alkanes) is 18. The van der Waals surface area contributed by atoms with Crippen molar-refractivity contribution < 1.29 is 37.3 Å². The number of hydrogen-bond acceptors (Lipinski definition) is 6. The van der Waals surface area contributed by atoms with Crippen LogP contribution in [0.3, 0.4) is 0 Å². The lowest BCUT2D eigenvalue weighted by Crippen LogP contribution is -2.37. The van der Waals surface area contributed by atoms with Crippen molar-refractivity contribution in [1.82, 2.24) is 0 Å². The molecule has 0 bridgehead atoms. The first-order valence-corrected chi connectivity index (χ1v) is 21.1. The molecule has 0 aliphatic rings. The van der Waals surface area contributed by atoms with E-state index in [1.54, 1.807) is 0 Å². The van der Waals surface area contributed by atoms with Gasteiger partial charge in [0.15, 0.2) is 0 Å². The zero-order valence-corrected chi connectivity index (χ0v) is 32.9. The van der Waals surface area contributed by atoms with Gasteiger partial charge in [0.05, 0.1) is 34.4 Å². The Balaban J connectivity index is 4.29. The number of nitrogens with zero attached hydrogens (tertiary/aromatic N) is 1. The zero-order valence-electron chi connectivity index (χ0n) is 32.0. The molecule has 0 saturated heterocycles. The first-order chi connectivity index (χ1) is 23.1. The second-order valence-electron chi connectivity index (χ2n) is 14.3. The molecule has 0 aromatic rings. The van der Waals surface area contributed by atoms with Crippen LogP contribution in [0, 0.1) is 0 Å². The zero-order chi connectivity index (χ0) is 35.6. The Labute approximate surface area is 296 Å². The summed E-state index contributed by atoms with van der Waals surface area (Å²) < 4.78 is 34.8. The van der Waals surface area contributed by atoms with E-state index in [1.807, 2.05) is 21.1 Å². The minimum atomic E-state index is -4.27. The van der Waals surface area contributed by atoms with Crippen molar-refractivity contribution in [1.29, 1.82) is 0 Å². The van der Waals surface area contributed by atoms with E-state index in [9.17, 15) is 14.3 Å². The van der Waals surface area contributed by atoms with Gasteiger partial charge in [0.1, 0.15) is 19.3 Å². The summed E-state index contributed by atoms with van der Waals surface area (Å²) in [6.07, 6.45) is 34.9.